The minimum atomic E-state index is -1.32. The van der Waals surface area contributed by atoms with Gasteiger partial charge in [0.1, 0.15) is 11.9 Å². The third kappa shape index (κ3) is 5.49. The van der Waals surface area contributed by atoms with Crippen LogP contribution in [0.3, 0.4) is 0 Å². The predicted octanol–water partition coefficient (Wildman–Crippen LogP) is 0.410. The van der Waals surface area contributed by atoms with Crippen LogP contribution in [0, 0.1) is 5.41 Å². The van der Waals surface area contributed by atoms with Crippen LogP contribution in [0.2, 0.25) is 0 Å². The normalized spacial score (nSPS) is 11.3. The number of amidine groups is 1. The fourth-order valence-corrected chi connectivity index (χ4v) is 1.58. The number of amides is 2. The van der Waals surface area contributed by atoms with E-state index in [1.54, 1.807) is 0 Å². The van der Waals surface area contributed by atoms with E-state index in [0.29, 0.717) is 11.3 Å². The number of nitrogens with two attached hydrogens (primary N) is 1. The second-order valence-electron chi connectivity index (χ2n) is 4.41. The highest BCUT2D eigenvalue weighted by Gasteiger charge is 2.20. The van der Waals surface area contributed by atoms with Gasteiger partial charge in [-0.3, -0.25) is 10.2 Å². The van der Waals surface area contributed by atoms with E-state index in [1.165, 1.54) is 24.3 Å². The molecule has 0 aromatic heterocycles. The van der Waals surface area contributed by atoms with Crippen LogP contribution in [-0.2, 0) is 9.59 Å². The Hall–Kier alpha value is -3.10. The number of nitrogen functional groups attached to an aromatic ring is 1. The van der Waals surface area contributed by atoms with Crippen LogP contribution in [0.5, 0.6) is 0 Å². The Kier molecular flexibility index (Phi) is 5.87. The molecule has 1 aromatic rings. The zero-order chi connectivity index (χ0) is 16.7. The minimum absolute atomic E-state index is 0.115. The second kappa shape index (κ2) is 7.62. The van der Waals surface area contributed by atoms with Gasteiger partial charge in [-0.15, -0.1) is 0 Å². The summed E-state index contributed by atoms with van der Waals surface area (Å²) in [6, 6.07) is 3.99. The van der Waals surface area contributed by atoms with Crippen LogP contribution in [-0.4, -0.2) is 40.1 Å². The zero-order valence-corrected chi connectivity index (χ0v) is 11.5. The number of carboxylic acids is 2. The standard InChI is InChI=1S/C13H16N4O5/c14-11(15)7-1-3-8(4-2-7)16-13(22)17-9(12(20)21)5-6-10(18)19/h1-4,9H,5-6H2,(H3,14,15)(H,18,19)(H,20,21)(H2,16,17,22)/t9-/m0/s1. The van der Waals surface area contributed by atoms with E-state index in [2.05, 4.69) is 10.6 Å². The average Bonchev–Trinajstić information content (AvgIpc) is 2.43. The highest BCUT2D eigenvalue weighted by molar-refractivity contribution is 5.96. The molecule has 9 heteroatoms. The number of hydrogen-bond acceptors (Lipinski definition) is 4. The van der Waals surface area contributed by atoms with Gasteiger partial charge < -0.3 is 26.6 Å². The Morgan fingerprint density at radius 1 is 1.18 bits per heavy atom. The van der Waals surface area contributed by atoms with Crippen molar-refractivity contribution in [1.82, 2.24) is 5.32 Å². The molecule has 0 saturated heterocycles. The first-order valence-electron chi connectivity index (χ1n) is 6.26. The van der Waals surface area contributed by atoms with Gasteiger partial charge in [-0.05, 0) is 30.7 Å². The van der Waals surface area contributed by atoms with Crippen molar-refractivity contribution in [2.24, 2.45) is 5.73 Å². The maximum atomic E-state index is 11.7. The lowest BCUT2D eigenvalue weighted by molar-refractivity contribution is -0.140. The van der Waals surface area contributed by atoms with Crippen molar-refractivity contribution in [2.75, 3.05) is 5.32 Å². The number of benzene rings is 1. The first kappa shape index (κ1) is 17.0. The van der Waals surface area contributed by atoms with Crippen molar-refractivity contribution >= 4 is 29.5 Å². The molecule has 0 saturated carbocycles. The molecule has 0 radical (unpaired) electrons. The van der Waals surface area contributed by atoms with E-state index >= 15 is 0 Å². The smallest absolute Gasteiger partial charge is 0.326 e. The van der Waals surface area contributed by atoms with Gasteiger partial charge in [0, 0.05) is 17.7 Å². The number of carbonyl (C=O) groups excluding carboxylic acids is 1. The summed E-state index contributed by atoms with van der Waals surface area (Å²) < 4.78 is 0. The molecule has 0 spiro atoms. The first-order chi connectivity index (χ1) is 10.3. The number of rotatable bonds is 7. The zero-order valence-electron chi connectivity index (χ0n) is 11.5. The van der Waals surface area contributed by atoms with Crippen LogP contribution in [0.15, 0.2) is 24.3 Å². The van der Waals surface area contributed by atoms with Crippen LogP contribution < -0.4 is 16.4 Å². The summed E-state index contributed by atoms with van der Waals surface area (Å²) >= 11 is 0. The molecule has 0 heterocycles. The predicted molar refractivity (Wildman–Crippen MR) is 77.9 cm³/mol. The number of carboxylic acid groups (broad SMARTS) is 2. The number of urea groups is 1. The Labute approximate surface area is 125 Å². The molecular weight excluding hydrogens is 292 g/mol. The third-order valence-corrected chi connectivity index (χ3v) is 2.70. The fourth-order valence-electron chi connectivity index (χ4n) is 1.58. The average molecular weight is 308 g/mol. The van der Waals surface area contributed by atoms with Gasteiger partial charge in [0.2, 0.25) is 0 Å². The second-order valence-corrected chi connectivity index (χ2v) is 4.41. The molecule has 1 rings (SSSR count). The number of anilines is 1. The third-order valence-electron chi connectivity index (χ3n) is 2.70. The SMILES string of the molecule is N=C(N)c1ccc(NC(=O)N[C@@H](CCC(=O)O)C(=O)O)cc1. The van der Waals surface area contributed by atoms with Gasteiger partial charge in [-0.2, -0.15) is 0 Å². The van der Waals surface area contributed by atoms with Gasteiger partial charge in [0.05, 0.1) is 0 Å². The molecule has 9 nitrogen and oxygen atoms in total. The number of hydrogen-bond donors (Lipinski definition) is 6. The van der Waals surface area contributed by atoms with Crippen molar-refractivity contribution < 1.29 is 24.6 Å². The quantitative estimate of drug-likeness (QED) is 0.315. The highest BCUT2D eigenvalue weighted by Crippen LogP contribution is 2.09. The minimum Gasteiger partial charge on any atom is -0.481 e. The lowest BCUT2D eigenvalue weighted by atomic mass is 10.1. The summed E-state index contributed by atoms with van der Waals surface area (Å²) in [5.74, 6) is -2.58. The molecule has 0 aliphatic heterocycles. The largest absolute Gasteiger partial charge is 0.481 e. The number of carbonyl (C=O) groups is 3. The Balaban J connectivity index is 2.61. The van der Waals surface area contributed by atoms with Crippen LogP contribution in [0.25, 0.3) is 0 Å². The monoisotopic (exact) mass is 308 g/mol. The Bertz CT molecular complexity index is 585. The molecule has 0 unspecified atom stereocenters. The van der Waals surface area contributed by atoms with Gasteiger partial charge in [0.15, 0.2) is 0 Å². The Morgan fingerprint density at radius 2 is 1.77 bits per heavy atom. The summed E-state index contributed by atoms with van der Waals surface area (Å²) in [4.78, 5) is 33.1. The number of aliphatic carboxylic acids is 2. The van der Waals surface area contributed by atoms with E-state index in [1.807, 2.05) is 0 Å². The molecule has 2 amide bonds. The number of nitrogens with one attached hydrogen (secondary N) is 3. The lowest BCUT2D eigenvalue weighted by Crippen LogP contribution is -2.43. The molecule has 0 aliphatic carbocycles. The summed E-state index contributed by atoms with van der Waals surface area (Å²) in [7, 11) is 0. The van der Waals surface area contributed by atoms with Crippen molar-refractivity contribution in [2.45, 2.75) is 18.9 Å². The van der Waals surface area contributed by atoms with Crippen LogP contribution >= 0.6 is 0 Å². The maximum Gasteiger partial charge on any atom is 0.326 e. The topological polar surface area (TPSA) is 166 Å². The highest BCUT2D eigenvalue weighted by atomic mass is 16.4. The van der Waals surface area contributed by atoms with E-state index in [0.717, 1.165) is 0 Å². The van der Waals surface area contributed by atoms with Crippen molar-refractivity contribution in [3.63, 3.8) is 0 Å². The van der Waals surface area contributed by atoms with E-state index in [-0.39, 0.29) is 18.7 Å². The molecule has 1 atom stereocenters. The van der Waals surface area contributed by atoms with Gasteiger partial charge in [0.25, 0.3) is 0 Å². The molecule has 1 aromatic carbocycles. The van der Waals surface area contributed by atoms with Gasteiger partial charge in [-0.1, -0.05) is 0 Å². The van der Waals surface area contributed by atoms with Gasteiger partial charge >= 0.3 is 18.0 Å². The first-order valence-corrected chi connectivity index (χ1v) is 6.26. The van der Waals surface area contributed by atoms with Crippen molar-refractivity contribution in [3.05, 3.63) is 29.8 Å². The summed E-state index contributed by atoms with van der Waals surface area (Å²) in [5.41, 5.74) is 6.15. The fraction of sp³-hybridized carbons (Fsp3) is 0.231. The molecule has 0 aliphatic rings. The van der Waals surface area contributed by atoms with Crippen LogP contribution in [0.1, 0.15) is 18.4 Å². The lowest BCUT2D eigenvalue weighted by Gasteiger charge is -2.14. The Morgan fingerprint density at radius 3 is 2.23 bits per heavy atom. The molecule has 0 fully saturated rings. The van der Waals surface area contributed by atoms with Gasteiger partial charge in [-0.25, -0.2) is 9.59 Å². The summed E-state index contributed by atoms with van der Waals surface area (Å²) in [5, 5.41) is 29.3. The maximum absolute atomic E-state index is 11.7. The summed E-state index contributed by atoms with van der Waals surface area (Å²) in [6.07, 6.45) is -0.591. The molecule has 0 bridgehead atoms. The summed E-state index contributed by atoms with van der Waals surface area (Å²) in [6.45, 7) is 0. The molecule has 118 valence electrons. The van der Waals surface area contributed by atoms with E-state index in [9.17, 15) is 14.4 Å². The molecule has 7 N–H and O–H groups in total. The molecular formula is C13H16N4O5. The van der Waals surface area contributed by atoms with E-state index in [4.69, 9.17) is 21.4 Å². The van der Waals surface area contributed by atoms with Crippen molar-refractivity contribution in [1.29, 1.82) is 5.41 Å². The molecule has 22 heavy (non-hydrogen) atoms. The van der Waals surface area contributed by atoms with Crippen molar-refractivity contribution in [3.8, 4) is 0 Å². The van der Waals surface area contributed by atoms with E-state index < -0.39 is 24.0 Å². The van der Waals surface area contributed by atoms with Crippen LogP contribution in [0.4, 0.5) is 10.5 Å².